The Labute approximate surface area is 156 Å². The molecular formula is C21H17ClN2O2. The first-order valence-electron chi connectivity index (χ1n) is 8.11. The Morgan fingerprint density at radius 2 is 1.31 bits per heavy atom. The number of amides is 2. The summed E-state index contributed by atoms with van der Waals surface area (Å²) in [5.41, 5.74) is 2.51. The molecule has 0 fully saturated rings. The van der Waals surface area contributed by atoms with Crippen molar-refractivity contribution < 1.29 is 9.59 Å². The highest BCUT2D eigenvalue weighted by molar-refractivity contribution is 6.33. The molecule has 5 heteroatoms. The summed E-state index contributed by atoms with van der Waals surface area (Å²) in [6.07, 6.45) is 0. The molecule has 0 saturated carbocycles. The van der Waals surface area contributed by atoms with Gasteiger partial charge in [0.1, 0.15) is 0 Å². The summed E-state index contributed by atoms with van der Waals surface area (Å²) < 4.78 is 0. The number of benzene rings is 3. The molecule has 26 heavy (non-hydrogen) atoms. The normalized spacial score (nSPS) is 10.2. The topological polar surface area (TPSA) is 58.2 Å². The average molecular weight is 365 g/mol. The maximum atomic E-state index is 12.3. The molecule has 0 aromatic heterocycles. The van der Waals surface area contributed by atoms with Gasteiger partial charge in [0.2, 0.25) is 0 Å². The lowest BCUT2D eigenvalue weighted by atomic mass is 10.1. The largest absolute Gasteiger partial charge is 0.348 e. The number of carbonyl (C=O) groups excluding carboxylic acids is 2. The van der Waals surface area contributed by atoms with Crippen LogP contribution in [0, 0.1) is 0 Å². The van der Waals surface area contributed by atoms with Gasteiger partial charge in [-0.1, -0.05) is 54.1 Å². The molecule has 0 aliphatic carbocycles. The predicted octanol–water partition coefficient (Wildman–Crippen LogP) is 4.52. The van der Waals surface area contributed by atoms with Crippen LogP contribution in [0.5, 0.6) is 0 Å². The highest BCUT2D eigenvalue weighted by Gasteiger charge is 2.10. The number of anilines is 1. The van der Waals surface area contributed by atoms with Crippen molar-refractivity contribution in [1.82, 2.24) is 5.32 Å². The first kappa shape index (κ1) is 17.7. The summed E-state index contributed by atoms with van der Waals surface area (Å²) in [6.45, 7) is 0.453. The molecule has 0 unspecified atom stereocenters. The number of carbonyl (C=O) groups is 2. The van der Waals surface area contributed by atoms with E-state index in [4.69, 9.17) is 11.6 Å². The molecule has 0 heterocycles. The van der Waals surface area contributed by atoms with Gasteiger partial charge >= 0.3 is 0 Å². The van der Waals surface area contributed by atoms with Gasteiger partial charge in [-0.2, -0.15) is 0 Å². The molecule has 3 aromatic carbocycles. The minimum atomic E-state index is -0.283. The van der Waals surface area contributed by atoms with E-state index in [0.29, 0.717) is 28.4 Å². The van der Waals surface area contributed by atoms with Crippen LogP contribution < -0.4 is 10.6 Å². The molecule has 0 aliphatic rings. The first-order valence-corrected chi connectivity index (χ1v) is 8.49. The molecule has 0 atom stereocenters. The van der Waals surface area contributed by atoms with E-state index in [1.54, 1.807) is 48.5 Å². The van der Waals surface area contributed by atoms with Crippen molar-refractivity contribution in [3.8, 4) is 0 Å². The highest BCUT2D eigenvalue weighted by Crippen LogP contribution is 2.21. The summed E-state index contributed by atoms with van der Waals surface area (Å²) in [6, 6.07) is 23.2. The molecule has 4 nitrogen and oxygen atoms in total. The van der Waals surface area contributed by atoms with Crippen LogP contribution in [-0.2, 0) is 6.54 Å². The maximum Gasteiger partial charge on any atom is 0.255 e. The molecule has 3 aromatic rings. The van der Waals surface area contributed by atoms with E-state index in [1.165, 1.54) is 0 Å². The highest BCUT2D eigenvalue weighted by atomic mass is 35.5. The fraction of sp³-hybridized carbons (Fsp3) is 0.0476. The molecule has 0 spiro atoms. The summed E-state index contributed by atoms with van der Waals surface area (Å²) in [5.74, 6) is -0.471. The number of nitrogens with one attached hydrogen (secondary N) is 2. The van der Waals surface area contributed by atoms with Gasteiger partial charge in [0.05, 0.1) is 10.7 Å². The Morgan fingerprint density at radius 1 is 0.731 bits per heavy atom. The number of hydrogen-bond donors (Lipinski definition) is 2. The number of halogens is 1. The maximum absolute atomic E-state index is 12.3. The average Bonchev–Trinajstić information content (AvgIpc) is 2.69. The molecule has 0 saturated heterocycles. The third kappa shape index (κ3) is 4.49. The molecule has 3 rings (SSSR count). The Bertz CT molecular complexity index is 909. The van der Waals surface area contributed by atoms with Crippen LogP contribution >= 0.6 is 11.6 Å². The Kier molecular flexibility index (Phi) is 5.66. The van der Waals surface area contributed by atoms with E-state index in [9.17, 15) is 9.59 Å². The lowest BCUT2D eigenvalue weighted by Gasteiger charge is -2.08. The lowest BCUT2D eigenvalue weighted by Crippen LogP contribution is -2.22. The van der Waals surface area contributed by atoms with Crippen LogP contribution in [0.15, 0.2) is 78.9 Å². The van der Waals surface area contributed by atoms with Gasteiger partial charge in [0.25, 0.3) is 11.8 Å². The van der Waals surface area contributed by atoms with Crippen molar-refractivity contribution in [2.24, 2.45) is 0 Å². The third-order valence-electron chi connectivity index (χ3n) is 3.83. The van der Waals surface area contributed by atoms with Crippen LogP contribution in [0.2, 0.25) is 5.02 Å². The van der Waals surface area contributed by atoms with Crippen LogP contribution in [0.25, 0.3) is 0 Å². The minimum Gasteiger partial charge on any atom is -0.348 e. The first-order chi connectivity index (χ1) is 12.6. The van der Waals surface area contributed by atoms with Crippen molar-refractivity contribution in [3.63, 3.8) is 0 Å². The minimum absolute atomic E-state index is 0.188. The standard InChI is InChI=1S/C21H17ClN2O2/c22-18-8-4-5-9-19(18)24-21(26)17-12-10-16(11-13-17)20(25)23-14-15-6-2-1-3-7-15/h1-13H,14H2,(H,23,25)(H,24,26). The lowest BCUT2D eigenvalue weighted by molar-refractivity contribution is 0.0949. The van der Waals surface area contributed by atoms with E-state index >= 15 is 0 Å². The Hall–Kier alpha value is -3.11. The van der Waals surface area contributed by atoms with Crippen molar-refractivity contribution >= 4 is 29.1 Å². The monoisotopic (exact) mass is 364 g/mol. The molecule has 2 N–H and O–H groups in total. The molecular weight excluding hydrogens is 348 g/mol. The summed E-state index contributed by atoms with van der Waals surface area (Å²) in [7, 11) is 0. The second-order valence-corrected chi connectivity index (χ2v) is 6.09. The number of hydrogen-bond acceptors (Lipinski definition) is 2. The zero-order chi connectivity index (χ0) is 18.4. The van der Waals surface area contributed by atoms with E-state index in [1.807, 2.05) is 30.3 Å². The van der Waals surface area contributed by atoms with Crippen LogP contribution in [-0.4, -0.2) is 11.8 Å². The number of para-hydroxylation sites is 1. The second kappa shape index (κ2) is 8.32. The molecule has 2 amide bonds. The fourth-order valence-corrected chi connectivity index (χ4v) is 2.59. The molecule has 0 radical (unpaired) electrons. The quantitative estimate of drug-likeness (QED) is 0.699. The van der Waals surface area contributed by atoms with E-state index in [0.717, 1.165) is 5.56 Å². The fourth-order valence-electron chi connectivity index (χ4n) is 2.41. The third-order valence-corrected chi connectivity index (χ3v) is 4.16. The number of rotatable bonds is 5. The zero-order valence-corrected chi connectivity index (χ0v) is 14.7. The van der Waals surface area contributed by atoms with Gasteiger partial charge < -0.3 is 10.6 Å². The summed E-state index contributed by atoms with van der Waals surface area (Å²) >= 11 is 6.04. The van der Waals surface area contributed by atoms with Crippen LogP contribution in [0.1, 0.15) is 26.3 Å². The van der Waals surface area contributed by atoms with E-state index in [-0.39, 0.29) is 11.8 Å². The smallest absolute Gasteiger partial charge is 0.255 e. The Morgan fingerprint density at radius 3 is 1.96 bits per heavy atom. The van der Waals surface area contributed by atoms with Gasteiger partial charge in [-0.15, -0.1) is 0 Å². The summed E-state index contributed by atoms with van der Waals surface area (Å²) in [5, 5.41) is 6.07. The molecule has 0 bridgehead atoms. The van der Waals surface area contributed by atoms with Gasteiger partial charge in [-0.3, -0.25) is 9.59 Å². The van der Waals surface area contributed by atoms with Crippen molar-refractivity contribution in [3.05, 3.63) is 101 Å². The van der Waals surface area contributed by atoms with E-state index in [2.05, 4.69) is 10.6 Å². The van der Waals surface area contributed by atoms with Gasteiger partial charge in [-0.05, 0) is 42.0 Å². The Balaban J connectivity index is 1.61. The van der Waals surface area contributed by atoms with Gasteiger partial charge in [0, 0.05) is 17.7 Å². The molecule has 0 aliphatic heterocycles. The zero-order valence-electron chi connectivity index (χ0n) is 13.9. The second-order valence-electron chi connectivity index (χ2n) is 5.68. The van der Waals surface area contributed by atoms with Crippen LogP contribution in [0.4, 0.5) is 5.69 Å². The summed E-state index contributed by atoms with van der Waals surface area (Å²) in [4.78, 5) is 24.5. The molecule has 130 valence electrons. The predicted molar refractivity (Wildman–Crippen MR) is 103 cm³/mol. The van der Waals surface area contributed by atoms with Crippen LogP contribution in [0.3, 0.4) is 0 Å². The van der Waals surface area contributed by atoms with E-state index < -0.39 is 0 Å². The SMILES string of the molecule is O=C(NCc1ccccc1)c1ccc(C(=O)Nc2ccccc2Cl)cc1. The van der Waals surface area contributed by atoms with Crippen molar-refractivity contribution in [1.29, 1.82) is 0 Å². The van der Waals surface area contributed by atoms with Crippen molar-refractivity contribution in [2.75, 3.05) is 5.32 Å². The van der Waals surface area contributed by atoms with Gasteiger partial charge in [0.15, 0.2) is 0 Å². The van der Waals surface area contributed by atoms with Crippen molar-refractivity contribution in [2.45, 2.75) is 6.54 Å². The van der Waals surface area contributed by atoms with Gasteiger partial charge in [-0.25, -0.2) is 0 Å².